The number of alkyl halides is 3. The molecule has 0 unspecified atom stereocenters. The van der Waals surface area contributed by atoms with E-state index in [2.05, 4.69) is 41.5 Å². The fourth-order valence-corrected chi connectivity index (χ4v) is 5.77. The van der Waals surface area contributed by atoms with Crippen LogP contribution in [0.1, 0.15) is 31.4 Å². The van der Waals surface area contributed by atoms with Crippen LogP contribution in [0, 0.1) is 11.8 Å². The van der Waals surface area contributed by atoms with Gasteiger partial charge in [0.25, 0.3) is 0 Å². The van der Waals surface area contributed by atoms with E-state index in [1.165, 1.54) is 22.8 Å². The second kappa shape index (κ2) is 12.0. The third-order valence-electron chi connectivity index (χ3n) is 7.23. The van der Waals surface area contributed by atoms with Crippen LogP contribution < -0.4 is 15.4 Å². The van der Waals surface area contributed by atoms with Crippen LogP contribution in [-0.4, -0.2) is 70.2 Å². The van der Waals surface area contributed by atoms with Gasteiger partial charge in [-0.1, -0.05) is 12.0 Å². The minimum atomic E-state index is -4.42. The number of nitrogens with one attached hydrogen (secondary N) is 2. The molecular weight excluding hydrogens is 541 g/mol. The summed E-state index contributed by atoms with van der Waals surface area (Å²) in [7, 11) is 2.42. The molecule has 2 N–H and O–H groups in total. The molecule has 0 spiro atoms. The molecule has 11 heteroatoms. The number of rotatable bonds is 8. The van der Waals surface area contributed by atoms with Gasteiger partial charge in [0, 0.05) is 36.5 Å². The average molecular weight is 577 g/mol. The topological polar surface area (TPSA) is 75.6 Å². The summed E-state index contributed by atoms with van der Waals surface area (Å²) in [5.74, 6) is 6.06. The molecule has 1 aliphatic rings. The lowest BCUT2D eigenvalue weighted by atomic mass is 9.90. The van der Waals surface area contributed by atoms with Crippen molar-refractivity contribution in [1.29, 1.82) is 0 Å². The highest BCUT2D eigenvalue weighted by molar-refractivity contribution is 7.90. The van der Waals surface area contributed by atoms with Gasteiger partial charge in [-0.3, -0.25) is 0 Å². The van der Waals surface area contributed by atoms with Crippen molar-refractivity contribution in [3.63, 3.8) is 0 Å². The van der Waals surface area contributed by atoms with Crippen LogP contribution in [0.3, 0.4) is 0 Å². The third kappa shape index (κ3) is 7.23. The van der Waals surface area contributed by atoms with E-state index in [1.807, 2.05) is 6.07 Å². The number of halogens is 3. The van der Waals surface area contributed by atoms with Gasteiger partial charge in [0.05, 0.1) is 21.8 Å². The fourth-order valence-electron chi connectivity index (χ4n) is 5.12. The van der Waals surface area contributed by atoms with Gasteiger partial charge >= 0.3 is 6.18 Å². The molecule has 4 rings (SSSR count). The number of fused-ring (bicyclic) bond motifs is 1. The molecule has 1 fully saturated rings. The van der Waals surface area contributed by atoms with Crippen molar-refractivity contribution in [3.8, 4) is 17.6 Å². The summed E-state index contributed by atoms with van der Waals surface area (Å²) in [4.78, 5) is 2.38. The number of benzene rings is 2. The molecule has 0 saturated heterocycles. The quantitative estimate of drug-likeness (QED) is 0.352. The SMILES string of the molecule is CNc1cc(S(C)(=O)=O)ccc1OCC#Cc1cc2c(N[C@H]3CC[C@H](N(C)C)CC3)cccc2n1CC(F)(F)F. The zero-order chi connectivity index (χ0) is 29.1. The van der Waals surface area contributed by atoms with Crippen LogP contribution in [0.25, 0.3) is 10.9 Å². The molecule has 1 heterocycles. The van der Waals surface area contributed by atoms with Crippen molar-refractivity contribution >= 4 is 32.1 Å². The van der Waals surface area contributed by atoms with Crippen molar-refractivity contribution in [3.05, 3.63) is 48.2 Å². The Morgan fingerprint density at radius 3 is 2.42 bits per heavy atom. The Labute approximate surface area is 233 Å². The van der Waals surface area contributed by atoms with Gasteiger partial charge in [-0.15, -0.1) is 0 Å². The summed E-state index contributed by atoms with van der Waals surface area (Å²) in [5.41, 5.74) is 1.97. The molecule has 0 atom stereocenters. The van der Waals surface area contributed by atoms with Crippen molar-refractivity contribution in [2.24, 2.45) is 0 Å². The Kier molecular flexibility index (Phi) is 8.90. The number of hydrogen-bond donors (Lipinski definition) is 2. The zero-order valence-electron chi connectivity index (χ0n) is 23.1. The summed E-state index contributed by atoms with van der Waals surface area (Å²) in [6.07, 6.45) is 0.816. The predicted octanol–water partition coefficient (Wildman–Crippen LogP) is 5.36. The van der Waals surface area contributed by atoms with E-state index >= 15 is 0 Å². The van der Waals surface area contributed by atoms with Crippen molar-refractivity contribution in [2.45, 2.75) is 55.4 Å². The smallest absolute Gasteiger partial charge is 0.406 e. The third-order valence-corrected chi connectivity index (χ3v) is 8.34. The van der Waals surface area contributed by atoms with Crippen LogP contribution in [0.4, 0.5) is 24.5 Å². The molecule has 2 aromatic carbocycles. The molecule has 40 heavy (non-hydrogen) atoms. The first-order valence-corrected chi connectivity index (χ1v) is 15.0. The first-order valence-electron chi connectivity index (χ1n) is 13.1. The molecule has 3 aromatic rings. The minimum Gasteiger partial charge on any atom is -0.479 e. The summed E-state index contributed by atoms with van der Waals surface area (Å²) < 4.78 is 71.2. The van der Waals surface area contributed by atoms with Crippen LogP contribution in [0.5, 0.6) is 5.75 Å². The molecule has 1 saturated carbocycles. The lowest BCUT2D eigenvalue weighted by Gasteiger charge is -2.33. The van der Waals surface area contributed by atoms with Gasteiger partial charge in [0.1, 0.15) is 18.9 Å². The molecule has 1 aromatic heterocycles. The number of hydrogen-bond acceptors (Lipinski definition) is 6. The van der Waals surface area contributed by atoms with E-state index < -0.39 is 22.6 Å². The summed E-state index contributed by atoms with van der Waals surface area (Å²) >= 11 is 0. The van der Waals surface area contributed by atoms with Crippen LogP contribution in [0.15, 0.2) is 47.4 Å². The maximum absolute atomic E-state index is 13.5. The van der Waals surface area contributed by atoms with Crippen molar-refractivity contribution in [1.82, 2.24) is 9.47 Å². The van der Waals surface area contributed by atoms with Gasteiger partial charge in [-0.25, -0.2) is 8.42 Å². The van der Waals surface area contributed by atoms with Crippen molar-refractivity contribution < 1.29 is 26.3 Å². The molecule has 7 nitrogen and oxygen atoms in total. The summed E-state index contributed by atoms with van der Waals surface area (Å²) in [6.45, 7) is -1.25. The zero-order valence-corrected chi connectivity index (χ0v) is 23.9. The maximum Gasteiger partial charge on any atom is 0.406 e. The lowest BCUT2D eigenvalue weighted by Crippen LogP contribution is -2.36. The number of ether oxygens (including phenoxy) is 1. The van der Waals surface area contributed by atoms with E-state index in [-0.39, 0.29) is 23.2 Å². The number of nitrogens with zero attached hydrogens (tertiary/aromatic N) is 2. The van der Waals surface area contributed by atoms with Gasteiger partial charge in [0.15, 0.2) is 9.84 Å². The Bertz CT molecular complexity index is 1510. The lowest BCUT2D eigenvalue weighted by molar-refractivity contribution is -0.140. The van der Waals surface area contributed by atoms with Gasteiger partial charge < -0.3 is 24.8 Å². The molecule has 0 bridgehead atoms. The predicted molar refractivity (Wildman–Crippen MR) is 153 cm³/mol. The van der Waals surface area contributed by atoms with Crippen LogP contribution >= 0.6 is 0 Å². The normalized spacial score (nSPS) is 17.9. The second-order valence-corrected chi connectivity index (χ2v) is 12.4. The number of sulfone groups is 1. The van der Waals surface area contributed by atoms with E-state index in [4.69, 9.17) is 4.74 Å². The monoisotopic (exact) mass is 576 g/mol. The summed E-state index contributed by atoms with van der Waals surface area (Å²) in [5, 5.41) is 7.15. The molecule has 216 valence electrons. The van der Waals surface area contributed by atoms with Gasteiger partial charge in [0.2, 0.25) is 0 Å². The highest BCUT2D eigenvalue weighted by Gasteiger charge is 2.30. The fraction of sp³-hybridized carbons (Fsp3) is 0.448. The van der Waals surface area contributed by atoms with Gasteiger partial charge in [-0.05, 0) is 82.1 Å². The maximum atomic E-state index is 13.5. The summed E-state index contributed by atoms with van der Waals surface area (Å²) in [6, 6.07) is 12.3. The number of aromatic nitrogens is 1. The van der Waals surface area contributed by atoms with Crippen LogP contribution in [-0.2, 0) is 16.4 Å². The molecule has 0 radical (unpaired) electrons. The first kappa shape index (κ1) is 29.6. The largest absolute Gasteiger partial charge is 0.479 e. The molecular formula is C29H35F3N4O3S. The Morgan fingerprint density at radius 1 is 1.07 bits per heavy atom. The first-order chi connectivity index (χ1) is 18.9. The van der Waals surface area contributed by atoms with Crippen LogP contribution in [0.2, 0.25) is 0 Å². The average Bonchev–Trinajstić information content (AvgIpc) is 3.23. The number of anilines is 2. The van der Waals surface area contributed by atoms with E-state index in [0.29, 0.717) is 28.4 Å². The Morgan fingerprint density at radius 2 is 1.80 bits per heavy atom. The van der Waals surface area contributed by atoms with E-state index in [9.17, 15) is 21.6 Å². The Balaban J connectivity index is 1.57. The van der Waals surface area contributed by atoms with Gasteiger partial charge in [-0.2, -0.15) is 13.2 Å². The van der Waals surface area contributed by atoms with E-state index in [0.717, 1.165) is 37.6 Å². The Hall–Kier alpha value is -3.36. The highest BCUT2D eigenvalue weighted by Crippen LogP contribution is 2.33. The standard InChI is InChI=1S/C29H35F3N4O3S/c1-33-26-18-23(40(4,37)38)14-15-28(26)39-16-6-7-22-17-24-25(34-20-10-12-21(13-11-20)35(2)3)8-5-9-27(24)36(22)19-29(30,31)32/h5,8-9,14-15,17-18,20-21,33-34H,10-13,16,19H2,1-4H3/t20-,21-. The van der Waals surface area contributed by atoms with E-state index in [1.54, 1.807) is 25.2 Å². The molecule has 0 aliphatic heterocycles. The minimum absolute atomic E-state index is 0.0966. The van der Waals surface area contributed by atoms with Crippen molar-refractivity contribution in [2.75, 3.05) is 44.6 Å². The highest BCUT2D eigenvalue weighted by atomic mass is 32.2. The molecule has 0 amide bonds. The molecule has 1 aliphatic carbocycles. The second-order valence-electron chi connectivity index (χ2n) is 10.4.